The van der Waals surface area contributed by atoms with Gasteiger partial charge in [0.2, 0.25) is 0 Å². The number of rotatable bonds is 5. The molecule has 0 saturated heterocycles. The van der Waals surface area contributed by atoms with Crippen molar-refractivity contribution in [2.75, 3.05) is 25.6 Å². The lowest BCUT2D eigenvalue weighted by Crippen LogP contribution is -2.30. The van der Waals surface area contributed by atoms with Crippen molar-refractivity contribution in [3.8, 4) is 0 Å². The van der Waals surface area contributed by atoms with Crippen molar-refractivity contribution in [1.82, 2.24) is 15.1 Å². The first kappa shape index (κ1) is 11.9. The standard InChI is InChI=1S/C9H16N4OS/c1-3-13-7-8(6-11-13)12-9(15)10-4-5-14-2/h6-7H,3-5H2,1-2H3,(H2,10,12,15). The Bertz CT molecular complexity index is 313. The van der Waals surface area contributed by atoms with Crippen molar-refractivity contribution in [2.24, 2.45) is 0 Å². The highest BCUT2D eigenvalue weighted by molar-refractivity contribution is 7.80. The molecule has 0 fully saturated rings. The third-order valence-corrected chi connectivity index (χ3v) is 2.05. The molecular formula is C9H16N4OS. The van der Waals surface area contributed by atoms with Crippen LogP contribution in [0.5, 0.6) is 0 Å². The molecule has 15 heavy (non-hydrogen) atoms. The van der Waals surface area contributed by atoms with Gasteiger partial charge in [0.1, 0.15) is 0 Å². The fourth-order valence-electron chi connectivity index (χ4n) is 1.04. The number of nitrogens with one attached hydrogen (secondary N) is 2. The third kappa shape index (κ3) is 4.26. The van der Waals surface area contributed by atoms with Gasteiger partial charge in [-0.2, -0.15) is 5.10 Å². The van der Waals surface area contributed by atoms with E-state index in [1.807, 2.05) is 17.8 Å². The molecule has 5 nitrogen and oxygen atoms in total. The van der Waals surface area contributed by atoms with Crippen LogP contribution in [0.4, 0.5) is 5.69 Å². The van der Waals surface area contributed by atoms with Gasteiger partial charge >= 0.3 is 0 Å². The topological polar surface area (TPSA) is 51.1 Å². The van der Waals surface area contributed by atoms with Gasteiger partial charge < -0.3 is 15.4 Å². The summed E-state index contributed by atoms with van der Waals surface area (Å²) >= 11 is 5.08. The third-order valence-electron chi connectivity index (χ3n) is 1.81. The van der Waals surface area contributed by atoms with E-state index in [-0.39, 0.29) is 0 Å². The van der Waals surface area contributed by atoms with Crippen LogP contribution in [0.2, 0.25) is 0 Å². The van der Waals surface area contributed by atoms with Gasteiger partial charge in [0.05, 0.1) is 18.5 Å². The Balaban J connectivity index is 2.31. The minimum atomic E-state index is 0.586. The van der Waals surface area contributed by atoms with Gasteiger partial charge in [0, 0.05) is 26.4 Å². The Kier molecular flexibility index (Phi) is 5.06. The number of methoxy groups -OCH3 is 1. The molecule has 6 heteroatoms. The van der Waals surface area contributed by atoms with Gasteiger partial charge in [-0.15, -0.1) is 0 Å². The van der Waals surface area contributed by atoms with Crippen LogP contribution in [-0.4, -0.2) is 35.2 Å². The van der Waals surface area contributed by atoms with Crippen LogP contribution in [-0.2, 0) is 11.3 Å². The average molecular weight is 228 g/mol. The zero-order valence-electron chi connectivity index (χ0n) is 8.99. The number of ether oxygens (including phenoxy) is 1. The van der Waals surface area contributed by atoms with Crippen molar-refractivity contribution < 1.29 is 4.74 Å². The van der Waals surface area contributed by atoms with Crippen molar-refractivity contribution in [3.05, 3.63) is 12.4 Å². The predicted octanol–water partition coefficient (Wildman–Crippen LogP) is 0.836. The summed E-state index contributed by atoms with van der Waals surface area (Å²) in [5, 5.41) is 10.8. The van der Waals surface area contributed by atoms with Crippen LogP contribution in [0, 0.1) is 0 Å². The molecule has 1 aromatic rings. The summed E-state index contributed by atoms with van der Waals surface area (Å²) in [6, 6.07) is 0. The summed E-state index contributed by atoms with van der Waals surface area (Å²) in [6.07, 6.45) is 3.65. The zero-order chi connectivity index (χ0) is 11.1. The minimum Gasteiger partial charge on any atom is -0.383 e. The lowest BCUT2D eigenvalue weighted by molar-refractivity contribution is 0.204. The molecule has 0 saturated carbocycles. The molecule has 1 heterocycles. The monoisotopic (exact) mass is 228 g/mol. The van der Waals surface area contributed by atoms with E-state index in [9.17, 15) is 0 Å². The minimum absolute atomic E-state index is 0.586. The fraction of sp³-hybridized carbons (Fsp3) is 0.556. The van der Waals surface area contributed by atoms with Crippen molar-refractivity contribution in [1.29, 1.82) is 0 Å². The highest BCUT2D eigenvalue weighted by Gasteiger charge is 1.99. The molecule has 0 amide bonds. The van der Waals surface area contributed by atoms with E-state index in [0.29, 0.717) is 18.3 Å². The van der Waals surface area contributed by atoms with Gasteiger partial charge in [0.15, 0.2) is 5.11 Å². The van der Waals surface area contributed by atoms with E-state index >= 15 is 0 Å². The number of hydrogen-bond donors (Lipinski definition) is 2. The first-order valence-corrected chi connectivity index (χ1v) is 5.23. The summed E-state index contributed by atoms with van der Waals surface area (Å²) in [7, 11) is 1.66. The Morgan fingerprint density at radius 3 is 3.07 bits per heavy atom. The number of aryl methyl sites for hydroxylation is 1. The molecule has 0 aliphatic heterocycles. The average Bonchev–Trinajstić information content (AvgIpc) is 2.66. The second-order valence-corrected chi connectivity index (χ2v) is 3.37. The molecule has 1 aromatic heterocycles. The first-order chi connectivity index (χ1) is 7.26. The van der Waals surface area contributed by atoms with Crippen LogP contribution in [0.15, 0.2) is 12.4 Å². The highest BCUT2D eigenvalue weighted by Crippen LogP contribution is 2.03. The molecule has 0 radical (unpaired) electrons. The number of aromatic nitrogens is 2. The Morgan fingerprint density at radius 1 is 1.67 bits per heavy atom. The van der Waals surface area contributed by atoms with Crippen molar-refractivity contribution in [3.63, 3.8) is 0 Å². The molecule has 0 bridgehead atoms. The van der Waals surface area contributed by atoms with E-state index in [1.54, 1.807) is 13.3 Å². The maximum absolute atomic E-state index is 5.08. The fourth-order valence-corrected chi connectivity index (χ4v) is 1.26. The van der Waals surface area contributed by atoms with E-state index in [2.05, 4.69) is 15.7 Å². The maximum atomic E-state index is 5.08. The van der Waals surface area contributed by atoms with Crippen LogP contribution < -0.4 is 10.6 Å². The van der Waals surface area contributed by atoms with E-state index in [0.717, 1.165) is 12.2 Å². The van der Waals surface area contributed by atoms with Gasteiger partial charge in [-0.3, -0.25) is 4.68 Å². The van der Waals surface area contributed by atoms with E-state index in [1.165, 1.54) is 0 Å². The second-order valence-electron chi connectivity index (χ2n) is 2.96. The SMILES string of the molecule is CCn1cc(NC(=S)NCCOC)cn1. The highest BCUT2D eigenvalue weighted by atomic mass is 32.1. The molecule has 84 valence electrons. The normalized spacial score (nSPS) is 10.0. The Labute approximate surface area is 94.8 Å². The molecule has 0 unspecified atom stereocenters. The van der Waals surface area contributed by atoms with Gasteiger partial charge in [-0.1, -0.05) is 0 Å². The van der Waals surface area contributed by atoms with Gasteiger partial charge in [-0.25, -0.2) is 0 Å². The van der Waals surface area contributed by atoms with Crippen molar-refractivity contribution in [2.45, 2.75) is 13.5 Å². The summed E-state index contributed by atoms with van der Waals surface area (Å²) in [5.74, 6) is 0. The molecule has 0 spiro atoms. The predicted molar refractivity (Wildman–Crippen MR) is 64.0 cm³/mol. The van der Waals surface area contributed by atoms with Crippen molar-refractivity contribution >= 4 is 23.0 Å². The largest absolute Gasteiger partial charge is 0.383 e. The molecule has 0 aliphatic carbocycles. The Hall–Kier alpha value is -1.14. The lowest BCUT2D eigenvalue weighted by atomic mass is 10.5. The summed E-state index contributed by atoms with van der Waals surface area (Å²) in [5.41, 5.74) is 0.895. The first-order valence-electron chi connectivity index (χ1n) is 4.82. The molecule has 2 N–H and O–H groups in total. The number of hydrogen-bond acceptors (Lipinski definition) is 3. The maximum Gasteiger partial charge on any atom is 0.170 e. The molecule has 0 aromatic carbocycles. The lowest BCUT2D eigenvalue weighted by Gasteiger charge is -2.07. The second kappa shape index (κ2) is 6.36. The summed E-state index contributed by atoms with van der Waals surface area (Å²) in [6.45, 7) is 4.22. The van der Waals surface area contributed by atoms with E-state index in [4.69, 9.17) is 17.0 Å². The molecule has 1 rings (SSSR count). The van der Waals surface area contributed by atoms with Crippen LogP contribution in [0.3, 0.4) is 0 Å². The van der Waals surface area contributed by atoms with Crippen LogP contribution in [0.25, 0.3) is 0 Å². The molecular weight excluding hydrogens is 212 g/mol. The molecule has 0 aliphatic rings. The number of anilines is 1. The Morgan fingerprint density at radius 2 is 2.47 bits per heavy atom. The number of thiocarbonyl (C=S) groups is 1. The van der Waals surface area contributed by atoms with Crippen LogP contribution >= 0.6 is 12.2 Å². The quantitative estimate of drug-likeness (QED) is 0.577. The number of nitrogens with zero attached hydrogens (tertiary/aromatic N) is 2. The van der Waals surface area contributed by atoms with Gasteiger partial charge in [-0.05, 0) is 19.1 Å². The summed E-state index contributed by atoms with van der Waals surface area (Å²) < 4.78 is 6.73. The van der Waals surface area contributed by atoms with Crippen LogP contribution in [0.1, 0.15) is 6.92 Å². The summed E-state index contributed by atoms with van der Waals surface area (Å²) in [4.78, 5) is 0. The molecule has 0 atom stereocenters. The van der Waals surface area contributed by atoms with Gasteiger partial charge in [0.25, 0.3) is 0 Å². The van der Waals surface area contributed by atoms with E-state index < -0.39 is 0 Å². The smallest absolute Gasteiger partial charge is 0.170 e. The zero-order valence-corrected chi connectivity index (χ0v) is 9.80.